The minimum atomic E-state index is 0.242. The Bertz CT molecular complexity index is 661. The second-order valence-corrected chi connectivity index (χ2v) is 6.33. The van der Waals surface area contributed by atoms with Crippen LogP contribution in [0.5, 0.6) is 0 Å². The summed E-state index contributed by atoms with van der Waals surface area (Å²) in [7, 11) is 0. The van der Waals surface area contributed by atoms with E-state index in [-0.39, 0.29) is 11.8 Å². The van der Waals surface area contributed by atoms with E-state index in [0.29, 0.717) is 5.17 Å². The van der Waals surface area contributed by atoms with Crippen molar-refractivity contribution in [2.24, 2.45) is 10.9 Å². The van der Waals surface area contributed by atoms with Crippen molar-refractivity contribution in [2.45, 2.75) is 25.7 Å². The molecule has 0 bridgehead atoms. The molecule has 0 aromatic heterocycles. The molecule has 114 valence electrons. The van der Waals surface area contributed by atoms with Gasteiger partial charge in [-0.25, -0.2) is 4.99 Å². The van der Waals surface area contributed by atoms with E-state index in [4.69, 9.17) is 5.26 Å². The summed E-state index contributed by atoms with van der Waals surface area (Å²) >= 11 is 1.40. The summed E-state index contributed by atoms with van der Waals surface area (Å²) in [6.45, 7) is 0.816. The lowest BCUT2D eigenvalue weighted by atomic mass is 10.0. The number of aliphatic imine (C=N–C) groups is 1. The Hall–Kier alpha value is -2.00. The molecule has 6 heteroatoms. The standard InChI is InChI=1S/C16H18N4OS/c1-22-16(18-10-17)19-13-6-7-14-12(9-13)3-2-8-20(14)15(21)11-4-5-11/h6-7,9,11H,2-5,8H2,1H3,(H,18,19). The van der Waals surface area contributed by atoms with Crippen LogP contribution in [-0.4, -0.2) is 23.9 Å². The van der Waals surface area contributed by atoms with Gasteiger partial charge in [0.25, 0.3) is 0 Å². The zero-order valence-corrected chi connectivity index (χ0v) is 13.3. The lowest BCUT2D eigenvalue weighted by Gasteiger charge is -2.29. The SMILES string of the molecule is CSC(=Nc1ccc2c(c1)CCCN2C(=O)C1CC1)NC#N. The van der Waals surface area contributed by atoms with Crippen LogP contribution in [0.3, 0.4) is 0 Å². The summed E-state index contributed by atoms with van der Waals surface area (Å²) < 4.78 is 0. The molecule has 1 saturated carbocycles. The molecule has 1 amide bonds. The third-order valence-electron chi connectivity index (χ3n) is 3.96. The minimum Gasteiger partial charge on any atom is -0.312 e. The van der Waals surface area contributed by atoms with Gasteiger partial charge in [0.15, 0.2) is 11.4 Å². The number of thioether (sulfide) groups is 1. The average molecular weight is 314 g/mol. The number of aryl methyl sites for hydroxylation is 1. The van der Waals surface area contributed by atoms with Gasteiger partial charge >= 0.3 is 0 Å². The van der Waals surface area contributed by atoms with E-state index in [9.17, 15) is 4.79 Å². The third kappa shape index (κ3) is 3.09. The number of nitriles is 1. The van der Waals surface area contributed by atoms with Crippen molar-refractivity contribution in [3.05, 3.63) is 23.8 Å². The van der Waals surface area contributed by atoms with E-state index in [1.54, 1.807) is 0 Å². The summed E-state index contributed by atoms with van der Waals surface area (Å²) in [5, 5.41) is 11.8. The zero-order chi connectivity index (χ0) is 15.5. The van der Waals surface area contributed by atoms with E-state index >= 15 is 0 Å². The highest BCUT2D eigenvalue weighted by Gasteiger charge is 2.35. The molecule has 2 aliphatic rings. The number of benzene rings is 1. The van der Waals surface area contributed by atoms with Crippen molar-refractivity contribution in [1.29, 1.82) is 5.26 Å². The summed E-state index contributed by atoms with van der Waals surface area (Å²) in [4.78, 5) is 18.7. The van der Waals surface area contributed by atoms with Crippen molar-refractivity contribution >= 4 is 34.2 Å². The monoisotopic (exact) mass is 314 g/mol. The van der Waals surface area contributed by atoms with Crippen molar-refractivity contribution in [2.75, 3.05) is 17.7 Å². The van der Waals surface area contributed by atoms with Gasteiger partial charge in [0, 0.05) is 18.2 Å². The second-order valence-electron chi connectivity index (χ2n) is 5.54. The topological polar surface area (TPSA) is 68.5 Å². The fourth-order valence-electron chi connectivity index (χ4n) is 2.72. The van der Waals surface area contributed by atoms with Crippen LogP contribution in [0.1, 0.15) is 24.8 Å². The number of nitrogens with one attached hydrogen (secondary N) is 1. The summed E-state index contributed by atoms with van der Waals surface area (Å²) in [6, 6.07) is 5.92. The Morgan fingerprint density at radius 1 is 1.50 bits per heavy atom. The highest BCUT2D eigenvalue weighted by molar-refractivity contribution is 8.13. The second kappa shape index (κ2) is 6.41. The number of nitrogens with zero attached hydrogens (tertiary/aromatic N) is 3. The van der Waals surface area contributed by atoms with Crippen LogP contribution >= 0.6 is 11.8 Å². The van der Waals surface area contributed by atoms with E-state index in [1.807, 2.05) is 35.5 Å². The van der Waals surface area contributed by atoms with Crippen LogP contribution in [0.25, 0.3) is 0 Å². The maximum absolute atomic E-state index is 12.4. The third-order valence-corrected chi connectivity index (χ3v) is 4.54. The molecule has 1 fully saturated rings. The minimum absolute atomic E-state index is 0.242. The Morgan fingerprint density at radius 2 is 2.32 bits per heavy atom. The average Bonchev–Trinajstić information content (AvgIpc) is 3.38. The van der Waals surface area contributed by atoms with Crippen molar-refractivity contribution in [3.8, 4) is 6.19 Å². The van der Waals surface area contributed by atoms with Gasteiger partial charge in [-0.05, 0) is 55.7 Å². The number of carbonyl (C=O) groups is 1. The molecule has 22 heavy (non-hydrogen) atoms. The first-order valence-electron chi connectivity index (χ1n) is 7.45. The van der Waals surface area contributed by atoms with Crippen LogP contribution in [-0.2, 0) is 11.2 Å². The molecule has 3 rings (SSSR count). The molecule has 1 N–H and O–H groups in total. The van der Waals surface area contributed by atoms with E-state index in [0.717, 1.165) is 43.6 Å². The summed E-state index contributed by atoms with van der Waals surface area (Å²) in [6.07, 6.45) is 7.78. The number of fused-ring (bicyclic) bond motifs is 1. The number of carbonyl (C=O) groups excluding carboxylic acids is 1. The molecular formula is C16H18N4OS. The van der Waals surface area contributed by atoms with Crippen molar-refractivity contribution < 1.29 is 4.79 Å². The molecule has 1 aromatic carbocycles. The van der Waals surface area contributed by atoms with E-state index in [1.165, 1.54) is 17.3 Å². The first-order valence-corrected chi connectivity index (χ1v) is 8.67. The Balaban J connectivity index is 1.87. The lowest BCUT2D eigenvalue weighted by Crippen LogP contribution is -2.36. The highest BCUT2D eigenvalue weighted by Crippen LogP contribution is 2.37. The molecule has 0 saturated heterocycles. The maximum atomic E-state index is 12.4. The van der Waals surface area contributed by atoms with Crippen molar-refractivity contribution in [1.82, 2.24) is 5.32 Å². The predicted molar refractivity (Wildman–Crippen MR) is 89.2 cm³/mol. The van der Waals surface area contributed by atoms with Gasteiger partial charge in [-0.15, -0.1) is 0 Å². The summed E-state index contributed by atoms with van der Waals surface area (Å²) in [5.41, 5.74) is 3.01. The number of amides is 1. The Morgan fingerprint density at radius 3 is 3.00 bits per heavy atom. The molecule has 1 aromatic rings. The fraction of sp³-hybridized carbons (Fsp3) is 0.438. The van der Waals surface area contributed by atoms with Crippen molar-refractivity contribution in [3.63, 3.8) is 0 Å². The molecule has 1 aliphatic heterocycles. The number of anilines is 1. The normalized spacial score (nSPS) is 17.6. The van der Waals surface area contributed by atoms with Gasteiger partial charge in [0.2, 0.25) is 5.91 Å². The van der Waals surface area contributed by atoms with Gasteiger partial charge in [0.05, 0.1) is 5.69 Å². The number of hydrogen-bond donors (Lipinski definition) is 1. The summed E-state index contributed by atoms with van der Waals surface area (Å²) in [5.74, 6) is 0.514. The highest BCUT2D eigenvalue weighted by atomic mass is 32.2. The van der Waals surface area contributed by atoms with Crippen LogP contribution in [0.15, 0.2) is 23.2 Å². The van der Waals surface area contributed by atoms with Crippen LogP contribution in [0, 0.1) is 17.4 Å². The molecule has 0 spiro atoms. The fourth-order valence-corrected chi connectivity index (χ4v) is 3.07. The number of rotatable bonds is 2. The van der Waals surface area contributed by atoms with E-state index in [2.05, 4.69) is 10.3 Å². The molecule has 1 aliphatic carbocycles. The zero-order valence-electron chi connectivity index (χ0n) is 12.5. The lowest BCUT2D eigenvalue weighted by molar-refractivity contribution is -0.119. The van der Waals surface area contributed by atoms with Gasteiger partial charge in [-0.2, -0.15) is 5.26 Å². The number of amidine groups is 1. The molecule has 0 radical (unpaired) electrons. The number of hydrogen-bond acceptors (Lipinski definition) is 4. The maximum Gasteiger partial charge on any atom is 0.230 e. The van der Waals surface area contributed by atoms with Crippen LogP contribution in [0.2, 0.25) is 0 Å². The van der Waals surface area contributed by atoms with Gasteiger partial charge in [0.1, 0.15) is 0 Å². The molecule has 1 heterocycles. The first-order chi connectivity index (χ1) is 10.7. The smallest absolute Gasteiger partial charge is 0.230 e. The first kappa shape index (κ1) is 14.9. The quantitative estimate of drug-likeness (QED) is 0.394. The Kier molecular flexibility index (Phi) is 4.34. The van der Waals surface area contributed by atoms with E-state index < -0.39 is 0 Å². The van der Waals surface area contributed by atoms with Gasteiger partial charge in [-0.3, -0.25) is 10.1 Å². The van der Waals surface area contributed by atoms with Crippen LogP contribution in [0.4, 0.5) is 11.4 Å². The Labute approximate surface area is 134 Å². The molecular weight excluding hydrogens is 296 g/mol. The molecule has 0 unspecified atom stereocenters. The van der Waals surface area contributed by atoms with Crippen LogP contribution < -0.4 is 10.2 Å². The van der Waals surface area contributed by atoms with Gasteiger partial charge < -0.3 is 4.90 Å². The molecule has 0 atom stereocenters. The largest absolute Gasteiger partial charge is 0.312 e. The predicted octanol–water partition coefficient (Wildman–Crippen LogP) is 2.80. The molecule has 5 nitrogen and oxygen atoms in total. The van der Waals surface area contributed by atoms with Gasteiger partial charge in [-0.1, -0.05) is 11.8 Å².